The number of rotatable bonds is 4. The summed E-state index contributed by atoms with van der Waals surface area (Å²) in [4.78, 5) is 1.41. The molecule has 0 fully saturated rings. The smallest absolute Gasteiger partial charge is 0.0931 e. The van der Waals surface area contributed by atoms with Gasteiger partial charge in [-0.05, 0) is 61.4 Å². The SMILES string of the molecule is CCNC1c2ccccc2CCCC1Cc1ccc(Cl)s1. The number of fused-ring (bicyclic) bond motifs is 1. The Balaban J connectivity index is 1.88. The van der Waals surface area contributed by atoms with Crippen LogP contribution in [0.25, 0.3) is 0 Å². The van der Waals surface area contributed by atoms with Crippen molar-refractivity contribution in [3.8, 4) is 0 Å². The summed E-state index contributed by atoms with van der Waals surface area (Å²) in [7, 11) is 0. The van der Waals surface area contributed by atoms with Crippen molar-refractivity contribution in [1.29, 1.82) is 0 Å². The Bertz CT molecular complexity index is 592. The molecule has 1 heterocycles. The molecule has 2 aromatic rings. The monoisotopic (exact) mass is 319 g/mol. The van der Waals surface area contributed by atoms with Gasteiger partial charge in [-0.2, -0.15) is 0 Å². The van der Waals surface area contributed by atoms with Crippen LogP contribution >= 0.6 is 22.9 Å². The van der Waals surface area contributed by atoms with E-state index in [1.807, 2.05) is 6.07 Å². The lowest BCUT2D eigenvalue weighted by Gasteiger charge is -2.27. The summed E-state index contributed by atoms with van der Waals surface area (Å²) in [5.41, 5.74) is 3.03. The molecule has 1 N–H and O–H groups in total. The summed E-state index contributed by atoms with van der Waals surface area (Å²) in [6, 6.07) is 13.6. The number of hydrogen-bond acceptors (Lipinski definition) is 2. The van der Waals surface area contributed by atoms with Gasteiger partial charge >= 0.3 is 0 Å². The molecular formula is C18H22ClNS. The van der Waals surface area contributed by atoms with E-state index in [0.29, 0.717) is 12.0 Å². The van der Waals surface area contributed by atoms with Crippen LogP contribution in [0.3, 0.4) is 0 Å². The van der Waals surface area contributed by atoms with Gasteiger partial charge in [-0.1, -0.05) is 42.8 Å². The van der Waals surface area contributed by atoms with E-state index in [2.05, 4.69) is 42.6 Å². The van der Waals surface area contributed by atoms with Crippen molar-refractivity contribution in [2.24, 2.45) is 5.92 Å². The highest BCUT2D eigenvalue weighted by atomic mass is 35.5. The maximum Gasteiger partial charge on any atom is 0.0931 e. The Morgan fingerprint density at radius 3 is 2.86 bits per heavy atom. The first-order chi connectivity index (χ1) is 10.3. The van der Waals surface area contributed by atoms with Crippen LogP contribution in [-0.2, 0) is 12.8 Å². The summed E-state index contributed by atoms with van der Waals surface area (Å²) in [5, 5.41) is 3.73. The first-order valence-electron chi connectivity index (χ1n) is 7.83. The lowest BCUT2D eigenvalue weighted by atomic mass is 9.87. The predicted molar refractivity (Wildman–Crippen MR) is 92.3 cm³/mol. The van der Waals surface area contributed by atoms with Gasteiger partial charge in [-0.3, -0.25) is 0 Å². The average Bonchev–Trinajstić information content (AvgIpc) is 2.81. The Hall–Kier alpha value is -0.830. The number of hydrogen-bond donors (Lipinski definition) is 1. The predicted octanol–water partition coefficient (Wildman–Crippen LogP) is 5.25. The molecule has 1 aromatic heterocycles. The molecule has 2 unspecified atom stereocenters. The van der Waals surface area contributed by atoms with Gasteiger partial charge in [0.25, 0.3) is 0 Å². The molecule has 21 heavy (non-hydrogen) atoms. The van der Waals surface area contributed by atoms with Gasteiger partial charge in [0.1, 0.15) is 0 Å². The van der Waals surface area contributed by atoms with Crippen molar-refractivity contribution >= 4 is 22.9 Å². The highest BCUT2D eigenvalue weighted by Crippen LogP contribution is 2.36. The minimum Gasteiger partial charge on any atom is -0.310 e. The number of benzene rings is 1. The minimum atomic E-state index is 0.467. The van der Waals surface area contributed by atoms with Gasteiger partial charge < -0.3 is 5.32 Å². The summed E-state index contributed by atoms with van der Waals surface area (Å²) < 4.78 is 0.902. The minimum absolute atomic E-state index is 0.467. The van der Waals surface area contributed by atoms with E-state index in [4.69, 9.17) is 11.6 Å². The summed E-state index contributed by atoms with van der Waals surface area (Å²) >= 11 is 7.82. The van der Waals surface area contributed by atoms with Crippen LogP contribution in [0.2, 0.25) is 4.34 Å². The summed E-state index contributed by atoms with van der Waals surface area (Å²) in [6.07, 6.45) is 4.90. The van der Waals surface area contributed by atoms with E-state index in [1.54, 1.807) is 11.3 Å². The van der Waals surface area contributed by atoms with Crippen molar-refractivity contribution < 1.29 is 0 Å². The van der Waals surface area contributed by atoms with E-state index in [-0.39, 0.29) is 0 Å². The molecule has 0 spiro atoms. The van der Waals surface area contributed by atoms with Crippen molar-refractivity contribution in [3.63, 3.8) is 0 Å². The van der Waals surface area contributed by atoms with Crippen LogP contribution in [0.4, 0.5) is 0 Å². The number of nitrogens with one attached hydrogen (secondary N) is 1. The Morgan fingerprint density at radius 1 is 1.24 bits per heavy atom. The van der Waals surface area contributed by atoms with Gasteiger partial charge in [0.15, 0.2) is 0 Å². The van der Waals surface area contributed by atoms with E-state index < -0.39 is 0 Å². The average molecular weight is 320 g/mol. The summed E-state index contributed by atoms with van der Waals surface area (Å²) in [5.74, 6) is 0.656. The zero-order valence-electron chi connectivity index (χ0n) is 12.4. The van der Waals surface area contributed by atoms with Gasteiger partial charge in [0.05, 0.1) is 4.34 Å². The molecule has 0 amide bonds. The third-order valence-electron chi connectivity index (χ3n) is 4.40. The van der Waals surface area contributed by atoms with Crippen molar-refractivity contribution in [3.05, 3.63) is 56.7 Å². The lowest BCUT2D eigenvalue weighted by molar-refractivity contribution is 0.348. The molecule has 2 atom stereocenters. The third kappa shape index (κ3) is 3.50. The van der Waals surface area contributed by atoms with Gasteiger partial charge in [0.2, 0.25) is 0 Å². The fraction of sp³-hybridized carbons (Fsp3) is 0.444. The van der Waals surface area contributed by atoms with E-state index in [0.717, 1.165) is 17.3 Å². The Morgan fingerprint density at radius 2 is 2.10 bits per heavy atom. The molecule has 3 rings (SSSR count). The molecular weight excluding hydrogens is 298 g/mol. The third-order valence-corrected chi connectivity index (χ3v) is 5.65. The van der Waals surface area contributed by atoms with Gasteiger partial charge in [0, 0.05) is 10.9 Å². The van der Waals surface area contributed by atoms with Crippen LogP contribution in [0, 0.1) is 5.92 Å². The van der Waals surface area contributed by atoms with E-state index in [1.165, 1.54) is 35.3 Å². The van der Waals surface area contributed by atoms with Crippen LogP contribution in [0.15, 0.2) is 36.4 Å². The molecule has 112 valence electrons. The zero-order valence-corrected chi connectivity index (χ0v) is 14.0. The molecule has 0 saturated heterocycles. The quantitative estimate of drug-likeness (QED) is 0.759. The standard InChI is InChI=1S/C18H22ClNS/c1-2-20-18-14(12-15-10-11-17(19)21-15)8-5-7-13-6-3-4-9-16(13)18/h3-4,6,9-11,14,18,20H,2,5,7-8,12H2,1H3. The Kier molecular flexibility index (Phi) is 4.99. The summed E-state index contributed by atoms with van der Waals surface area (Å²) in [6.45, 7) is 3.22. The van der Waals surface area contributed by atoms with Crippen molar-refractivity contribution in [2.75, 3.05) is 6.54 Å². The largest absolute Gasteiger partial charge is 0.310 e. The van der Waals surface area contributed by atoms with Crippen LogP contribution in [0.1, 0.15) is 41.8 Å². The first kappa shape index (κ1) is 15.1. The highest BCUT2D eigenvalue weighted by Gasteiger charge is 2.27. The van der Waals surface area contributed by atoms with Gasteiger partial charge in [-0.25, -0.2) is 0 Å². The molecule has 0 bridgehead atoms. The second-order valence-electron chi connectivity index (χ2n) is 5.80. The van der Waals surface area contributed by atoms with Crippen LogP contribution < -0.4 is 5.32 Å². The molecule has 3 heteroatoms. The molecule has 1 aliphatic carbocycles. The molecule has 0 aliphatic heterocycles. The van der Waals surface area contributed by atoms with Crippen LogP contribution in [0.5, 0.6) is 0 Å². The number of halogens is 1. The number of aryl methyl sites for hydroxylation is 1. The topological polar surface area (TPSA) is 12.0 Å². The van der Waals surface area contributed by atoms with E-state index in [9.17, 15) is 0 Å². The second kappa shape index (κ2) is 6.95. The molecule has 1 aromatic carbocycles. The number of thiophene rings is 1. The molecule has 0 saturated carbocycles. The van der Waals surface area contributed by atoms with Crippen molar-refractivity contribution in [1.82, 2.24) is 5.32 Å². The normalized spacial score (nSPS) is 21.8. The first-order valence-corrected chi connectivity index (χ1v) is 9.02. The lowest BCUT2D eigenvalue weighted by Crippen LogP contribution is -2.29. The van der Waals surface area contributed by atoms with Crippen molar-refractivity contribution in [2.45, 2.75) is 38.6 Å². The zero-order chi connectivity index (χ0) is 14.7. The Labute approximate surface area is 136 Å². The van der Waals surface area contributed by atoms with E-state index >= 15 is 0 Å². The maximum absolute atomic E-state index is 6.09. The maximum atomic E-state index is 6.09. The highest BCUT2D eigenvalue weighted by molar-refractivity contribution is 7.16. The fourth-order valence-electron chi connectivity index (χ4n) is 3.48. The molecule has 1 nitrogen and oxygen atoms in total. The molecule has 0 radical (unpaired) electrons. The van der Waals surface area contributed by atoms with Gasteiger partial charge in [-0.15, -0.1) is 11.3 Å². The second-order valence-corrected chi connectivity index (χ2v) is 7.60. The molecule has 1 aliphatic rings. The fourth-order valence-corrected chi connectivity index (χ4v) is 4.66. The van der Waals surface area contributed by atoms with Crippen LogP contribution in [-0.4, -0.2) is 6.54 Å².